The Labute approximate surface area is 132 Å². The Kier molecular flexibility index (Phi) is 5.59. The van der Waals surface area contributed by atoms with Gasteiger partial charge < -0.3 is 10.1 Å². The van der Waals surface area contributed by atoms with Crippen molar-refractivity contribution in [3.63, 3.8) is 0 Å². The summed E-state index contributed by atoms with van der Waals surface area (Å²) in [6, 6.07) is 16.0. The molecule has 3 nitrogen and oxygen atoms in total. The van der Waals surface area contributed by atoms with Gasteiger partial charge in [-0.25, -0.2) is 0 Å². The van der Waals surface area contributed by atoms with Crippen LogP contribution in [0.25, 0.3) is 0 Å². The number of carbonyl (C=O) groups excluding carboxylic acids is 1. The van der Waals surface area contributed by atoms with Gasteiger partial charge in [-0.1, -0.05) is 55.0 Å². The molecule has 2 aromatic carbocycles. The molecule has 1 unspecified atom stereocenters. The monoisotopic (exact) mass is 297 g/mol. The molecule has 0 aliphatic heterocycles. The van der Waals surface area contributed by atoms with Crippen molar-refractivity contribution in [1.29, 1.82) is 0 Å². The van der Waals surface area contributed by atoms with E-state index in [9.17, 15) is 4.79 Å². The fourth-order valence-electron chi connectivity index (χ4n) is 2.45. The third kappa shape index (κ3) is 4.35. The molecule has 1 N–H and O–H groups in total. The van der Waals surface area contributed by atoms with E-state index >= 15 is 0 Å². The number of hydrogen-bond acceptors (Lipinski definition) is 2. The number of ether oxygens (including phenoxy) is 1. The van der Waals surface area contributed by atoms with E-state index in [4.69, 9.17) is 4.74 Å². The van der Waals surface area contributed by atoms with Crippen molar-refractivity contribution in [2.24, 2.45) is 0 Å². The second-order valence-corrected chi connectivity index (χ2v) is 5.50. The molecular weight excluding hydrogens is 274 g/mol. The van der Waals surface area contributed by atoms with Crippen molar-refractivity contribution < 1.29 is 9.53 Å². The molecule has 0 saturated heterocycles. The maximum absolute atomic E-state index is 12.1. The normalized spacial score (nSPS) is 11.8. The minimum atomic E-state index is -0.101. The summed E-state index contributed by atoms with van der Waals surface area (Å²) < 4.78 is 5.62. The molecule has 0 aromatic heterocycles. The molecule has 1 atom stereocenters. The zero-order valence-electron chi connectivity index (χ0n) is 13.4. The van der Waals surface area contributed by atoms with E-state index < -0.39 is 0 Å². The van der Waals surface area contributed by atoms with Crippen LogP contribution < -0.4 is 10.1 Å². The van der Waals surface area contributed by atoms with Gasteiger partial charge in [0.25, 0.3) is 5.91 Å². The summed E-state index contributed by atoms with van der Waals surface area (Å²) in [6.45, 7) is 6.12. The third-order valence-corrected chi connectivity index (χ3v) is 3.63. The standard InChI is InChI=1S/C19H23NO2/c1-4-17(16-8-6-5-7-9-16)20-19(21)13-22-18-11-10-14(2)12-15(18)3/h5-12,17H,4,13H2,1-3H3,(H,20,21). The molecule has 0 aliphatic carbocycles. The van der Waals surface area contributed by atoms with E-state index in [1.54, 1.807) is 0 Å². The molecule has 3 heteroatoms. The Hall–Kier alpha value is -2.29. The van der Waals surface area contributed by atoms with E-state index in [2.05, 4.69) is 12.2 Å². The quantitative estimate of drug-likeness (QED) is 0.876. The van der Waals surface area contributed by atoms with E-state index in [0.717, 1.165) is 23.3 Å². The van der Waals surface area contributed by atoms with Crippen molar-refractivity contribution in [2.75, 3.05) is 6.61 Å². The summed E-state index contributed by atoms with van der Waals surface area (Å²) in [5, 5.41) is 3.02. The molecule has 0 bridgehead atoms. The van der Waals surface area contributed by atoms with Gasteiger partial charge >= 0.3 is 0 Å². The molecule has 0 radical (unpaired) electrons. The summed E-state index contributed by atoms with van der Waals surface area (Å²) >= 11 is 0. The van der Waals surface area contributed by atoms with Crippen molar-refractivity contribution in [1.82, 2.24) is 5.32 Å². The van der Waals surface area contributed by atoms with Crippen LogP contribution in [-0.4, -0.2) is 12.5 Å². The third-order valence-electron chi connectivity index (χ3n) is 3.63. The minimum absolute atomic E-state index is 0.0245. The summed E-state index contributed by atoms with van der Waals surface area (Å²) in [5.41, 5.74) is 3.34. The molecule has 22 heavy (non-hydrogen) atoms. The number of rotatable bonds is 6. The van der Waals surface area contributed by atoms with Gasteiger partial charge in [-0.3, -0.25) is 4.79 Å². The first-order valence-corrected chi connectivity index (χ1v) is 7.64. The first-order chi connectivity index (χ1) is 10.6. The molecule has 0 heterocycles. The summed E-state index contributed by atoms with van der Waals surface area (Å²) in [4.78, 5) is 12.1. The first-order valence-electron chi connectivity index (χ1n) is 7.64. The number of carbonyl (C=O) groups is 1. The number of amides is 1. The van der Waals surface area contributed by atoms with Gasteiger partial charge in [-0.05, 0) is 37.5 Å². The average molecular weight is 297 g/mol. The fourth-order valence-corrected chi connectivity index (χ4v) is 2.45. The van der Waals surface area contributed by atoms with Crippen molar-refractivity contribution in [2.45, 2.75) is 33.2 Å². The maximum atomic E-state index is 12.1. The summed E-state index contributed by atoms with van der Waals surface area (Å²) in [6.07, 6.45) is 0.847. The van der Waals surface area contributed by atoms with E-state index in [1.165, 1.54) is 5.56 Å². The molecule has 0 aliphatic rings. The van der Waals surface area contributed by atoms with Gasteiger partial charge in [-0.2, -0.15) is 0 Å². The van der Waals surface area contributed by atoms with Gasteiger partial charge in [0.1, 0.15) is 5.75 Å². The van der Waals surface area contributed by atoms with E-state index in [0.29, 0.717) is 0 Å². The highest BCUT2D eigenvalue weighted by Crippen LogP contribution is 2.19. The van der Waals surface area contributed by atoms with Gasteiger partial charge in [-0.15, -0.1) is 0 Å². The van der Waals surface area contributed by atoms with Gasteiger partial charge in [0, 0.05) is 0 Å². The predicted octanol–water partition coefficient (Wildman–Crippen LogP) is 3.95. The Morgan fingerprint density at radius 1 is 1.14 bits per heavy atom. The SMILES string of the molecule is CCC(NC(=O)COc1ccc(C)cc1C)c1ccccc1. The van der Waals surface area contributed by atoms with E-state index in [1.807, 2.05) is 62.4 Å². The van der Waals surface area contributed by atoms with Crippen LogP contribution in [0.5, 0.6) is 5.75 Å². The lowest BCUT2D eigenvalue weighted by atomic mass is 10.0. The molecular formula is C19H23NO2. The molecule has 2 rings (SSSR count). The van der Waals surface area contributed by atoms with Crippen LogP contribution in [0.2, 0.25) is 0 Å². The highest BCUT2D eigenvalue weighted by molar-refractivity contribution is 5.78. The van der Waals surface area contributed by atoms with E-state index in [-0.39, 0.29) is 18.6 Å². The summed E-state index contributed by atoms with van der Waals surface area (Å²) in [5.74, 6) is 0.657. The van der Waals surface area contributed by atoms with Crippen LogP contribution in [0.3, 0.4) is 0 Å². The Balaban J connectivity index is 1.92. The van der Waals surface area contributed by atoms with Crippen LogP contribution in [-0.2, 0) is 4.79 Å². The summed E-state index contributed by atoms with van der Waals surface area (Å²) in [7, 11) is 0. The van der Waals surface area contributed by atoms with Crippen molar-refractivity contribution in [3.05, 3.63) is 65.2 Å². The second-order valence-electron chi connectivity index (χ2n) is 5.50. The lowest BCUT2D eigenvalue weighted by Gasteiger charge is -2.18. The number of benzene rings is 2. The highest BCUT2D eigenvalue weighted by atomic mass is 16.5. The first kappa shape index (κ1) is 16.1. The van der Waals surface area contributed by atoms with Gasteiger partial charge in [0.2, 0.25) is 0 Å². The zero-order chi connectivity index (χ0) is 15.9. The Morgan fingerprint density at radius 3 is 2.50 bits per heavy atom. The van der Waals surface area contributed by atoms with Crippen LogP contribution in [0.15, 0.2) is 48.5 Å². The smallest absolute Gasteiger partial charge is 0.258 e. The number of hydrogen-bond donors (Lipinski definition) is 1. The highest BCUT2D eigenvalue weighted by Gasteiger charge is 2.13. The Morgan fingerprint density at radius 2 is 1.86 bits per heavy atom. The molecule has 0 saturated carbocycles. The maximum Gasteiger partial charge on any atom is 0.258 e. The largest absolute Gasteiger partial charge is 0.484 e. The molecule has 1 amide bonds. The molecule has 0 fully saturated rings. The van der Waals surface area contributed by atoms with Crippen LogP contribution in [0.4, 0.5) is 0 Å². The predicted molar refractivity (Wildman–Crippen MR) is 89.0 cm³/mol. The average Bonchev–Trinajstić information content (AvgIpc) is 2.52. The lowest BCUT2D eigenvalue weighted by molar-refractivity contribution is -0.123. The molecule has 116 valence electrons. The van der Waals surface area contributed by atoms with Gasteiger partial charge in [0.15, 0.2) is 6.61 Å². The Bertz CT molecular complexity index is 623. The molecule has 0 spiro atoms. The molecule has 2 aromatic rings. The van der Waals surface area contributed by atoms with Crippen LogP contribution >= 0.6 is 0 Å². The topological polar surface area (TPSA) is 38.3 Å². The van der Waals surface area contributed by atoms with Crippen LogP contribution in [0, 0.1) is 13.8 Å². The van der Waals surface area contributed by atoms with Crippen molar-refractivity contribution in [3.8, 4) is 5.75 Å². The van der Waals surface area contributed by atoms with Crippen molar-refractivity contribution >= 4 is 5.91 Å². The van der Waals surface area contributed by atoms with Gasteiger partial charge in [0.05, 0.1) is 6.04 Å². The minimum Gasteiger partial charge on any atom is -0.484 e. The van der Waals surface area contributed by atoms with Crippen LogP contribution in [0.1, 0.15) is 36.1 Å². The number of nitrogens with one attached hydrogen (secondary N) is 1. The number of aryl methyl sites for hydroxylation is 2. The lowest BCUT2D eigenvalue weighted by Crippen LogP contribution is -2.32. The fraction of sp³-hybridized carbons (Fsp3) is 0.316. The zero-order valence-corrected chi connectivity index (χ0v) is 13.4. The second kappa shape index (κ2) is 7.64.